The summed E-state index contributed by atoms with van der Waals surface area (Å²) in [4.78, 5) is 11.6. The summed E-state index contributed by atoms with van der Waals surface area (Å²) in [7, 11) is 1.54. The van der Waals surface area contributed by atoms with E-state index in [4.69, 9.17) is 9.72 Å². The standard InChI is InChI=1S/C32H30F3N7O2S2/c1-3-42-17-25(24-14-20(6-9-26(24)42)30-37-21(18-45-30)16-41-12-10-22(43)11-13-41)29(32(33,34)35)39-40-31-38-28(27(15-36)46-31)19-4-7-23(44-2)8-5-19/h4-9,14,17-18,22,43H,3,10-13,16H2,1-2H3,(H,38,40)/b39-29-. The molecule has 4 heterocycles. The molecule has 0 radical (unpaired) electrons. The number of piperidine rings is 1. The van der Waals surface area contributed by atoms with Crippen LogP contribution in [-0.4, -0.2) is 62.7 Å². The van der Waals surface area contributed by atoms with Crippen molar-refractivity contribution >= 4 is 44.4 Å². The molecule has 3 aromatic heterocycles. The summed E-state index contributed by atoms with van der Waals surface area (Å²) in [6.07, 6.45) is -2.12. The summed E-state index contributed by atoms with van der Waals surface area (Å²) in [6.45, 7) is 4.58. The molecule has 9 nitrogen and oxygen atoms in total. The minimum Gasteiger partial charge on any atom is -0.497 e. The minimum atomic E-state index is -4.79. The molecular weight excluding hydrogens is 636 g/mol. The van der Waals surface area contributed by atoms with Crippen LogP contribution in [0.4, 0.5) is 18.3 Å². The number of nitriles is 1. The summed E-state index contributed by atoms with van der Waals surface area (Å²) in [5, 5.41) is 26.4. The Hall–Kier alpha value is -4.29. The van der Waals surface area contributed by atoms with Gasteiger partial charge in [-0.3, -0.25) is 10.3 Å². The number of aromatic nitrogens is 3. The van der Waals surface area contributed by atoms with E-state index in [0.717, 1.165) is 43.0 Å². The molecule has 1 fully saturated rings. The topological polar surface area (TPSA) is 112 Å². The van der Waals surface area contributed by atoms with Crippen LogP contribution < -0.4 is 10.2 Å². The number of rotatable bonds is 9. The highest BCUT2D eigenvalue weighted by Crippen LogP contribution is 2.35. The van der Waals surface area contributed by atoms with Gasteiger partial charge in [0.25, 0.3) is 0 Å². The third-order valence-electron chi connectivity index (χ3n) is 7.84. The fourth-order valence-electron chi connectivity index (χ4n) is 5.47. The number of halogens is 3. The van der Waals surface area contributed by atoms with E-state index in [9.17, 15) is 23.5 Å². The summed E-state index contributed by atoms with van der Waals surface area (Å²) >= 11 is 2.37. The smallest absolute Gasteiger partial charge is 0.435 e. The van der Waals surface area contributed by atoms with Crippen LogP contribution in [0.25, 0.3) is 32.7 Å². The van der Waals surface area contributed by atoms with Gasteiger partial charge in [-0.05, 0) is 62.2 Å². The van der Waals surface area contributed by atoms with Gasteiger partial charge in [0.1, 0.15) is 27.4 Å². The molecule has 0 atom stereocenters. The van der Waals surface area contributed by atoms with Gasteiger partial charge in [-0.15, -0.1) is 11.3 Å². The summed E-state index contributed by atoms with van der Waals surface area (Å²) in [5.74, 6) is 0.624. The van der Waals surface area contributed by atoms with Gasteiger partial charge in [-0.1, -0.05) is 11.3 Å². The second-order valence-corrected chi connectivity index (χ2v) is 12.7. The second-order valence-electron chi connectivity index (χ2n) is 10.8. The second kappa shape index (κ2) is 13.2. The maximum atomic E-state index is 14.6. The first-order chi connectivity index (χ1) is 22.2. The molecular formula is C32H30F3N7O2S2. The lowest BCUT2D eigenvalue weighted by Crippen LogP contribution is -2.35. The van der Waals surface area contributed by atoms with Gasteiger partial charge in [0.2, 0.25) is 5.13 Å². The quantitative estimate of drug-likeness (QED) is 0.127. The number of alkyl halides is 3. The van der Waals surface area contributed by atoms with Crippen LogP contribution in [0.15, 0.2) is 59.1 Å². The number of ether oxygens (including phenoxy) is 1. The summed E-state index contributed by atoms with van der Waals surface area (Å²) < 4.78 is 50.8. The molecule has 238 valence electrons. The van der Waals surface area contributed by atoms with Crippen LogP contribution >= 0.6 is 22.7 Å². The van der Waals surface area contributed by atoms with Gasteiger partial charge in [0, 0.05) is 65.3 Å². The van der Waals surface area contributed by atoms with Crippen LogP contribution in [0, 0.1) is 11.3 Å². The lowest BCUT2D eigenvalue weighted by molar-refractivity contribution is -0.0580. The molecule has 0 amide bonds. The van der Waals surface area contributed by atoms with E-state index in [0.29, 0.717) is 51.6 Å². The zero-order chi connectivity index (χ0) is 32.4. The molecule has 1 aliphatic rings. The number of aryl methyl sites for hydroxylation is 1. The Morgan fingerprint density at radius 1 is 1.15 bits per heavy atom. The predicted molar refractivity (Wildman–Crippen MR) is 174 cm³/mol. The Balaban J connectivity index is 1.32. The van der Waals surface area contributed by atoms with Crippen LogP contribution in [0.1, 0.15) is 35.9 Å². The number of aliphatic hydroxyl groups is 1. The van der Waals surface area contributed by atoms with E-state index in [-0.39, 0.29) is 21.7 Å². The van der Waals surface area contributed by atoms with Crippen molar-refractivity contribution in [3.8, 4) is 33.6 Å². The number of benzene rings is 2. The molecule has 5 aromatic rings. The molecule has 6 rings (SSSR count). The third kappa shape index (κ3) is 6.63. The lowest BCUT2D eigenvalue weighted by Gasteiger charge is -2.28. The van der Waals surface area contributed by atoms with Crippen LogP contribution in [0.5, 0.6) is 5.75 Å². The van der Waals surface area contributed by atoms with Crippen molar-refractivity contribution in [1.82, 2.24) is 19.4 Å². The number of hydrazone groups is 1. The Kier molecular flexibility index (Phi) is 9.10. The molecule has 14 heteroatoms. The third-order valence-corrected chi connectivity index (χ3v) is 9.65. The fraction of sp³-hybridized carbons (Fsp3) is 0.312. The first-order valence-corrected chi connectivity index (χ1v) is 16.3. The number of anilines is 1. The average Bonchev–Trinajstić information content (AvgIpc) is 3.79. The van der Waals surface area contributed by atoms with Crippen LogP contribution in [-0.2, 0) is 13.1 Å². The first kappa shape index (κ1) is 31.7. The highest BCUT2D eigenvalue weighted by atomic mass is 32.1. The maximum Gasteiger partial charge on any atom is 0.435 e. The number of nitrogens with zero attached hydrogens (tertiary/aromatic N) is 6. The normalized spacial score (nSPS) is 14.9. The first-order valence-electron chi connectivity index (χ1n) is 14.6. The van der Waals surface area contributed by atoms with Crippen molar-refractivity contribution in [2.45, 2.75) is 45.1 Å². The molecule has 0 bridgehead atoms. The summed E-state index contributed by atoms with van der Waals surface area (Å²) in [6, 6.07) is 14.4. The Labute approximate surface area is 271 Å². The monoisotopic (exact) mass is 665 g/mol. The zero-order valence-corrected chi connectivity index (χ0v) is 26.6. The molecule has 0 unspecified atom stereocenters. The number of aliphatic hydroxyl groups excluding tert-OH is 1. The molecule has 0 saturated carbocycles. The van der Waals surface area contributed by atoms with Crippen molar-refractivity contribution in [3.05, 3.63) is 70.2 Å². The Bertz CT molecular complexity index is 1910. The van der Waals surface area contributed by atoms with E-state index in [1.165, 1.54) is 24.6 Å². The van der Waals surface area contributed by atoms with E-state index in [1.807, 2.05) is 24.4 Å². The predicted octanol–water partition coefficient (Wildman–Crippen LogP) is 7.12. The Morgan fingerprint density at radius 3 is 2.57 bits per heavy atom. The van der Waals surface area contributed by atoms with Gasteiger partial charge < -0.3 is 14.4 Å². The number of nitrogens with one attached hydrogen (secondary N) is 1. The lowest BCUT2D eigenvalue weighted by atomic mass is 10.1. The molecule has 1 aliphatic heterocycles. The van der Waals surface area contributed by atoms with E-state index in [2.05, 4.69) is 26.5 Å². The maximum absolute atomic E-state index is 14.6. The summed E-state index contributed by atoms with van der Waals surface area (Å²) in [5.41, 5.74) is 4.51. The highest BCUT2D eigenvalue weighted by molar-refractivity contribution is 7.16. The van der Waals surface area contributed by atoms with Gasteiger partial charge in [0.15, 0.2) is 5.71 Å². The van der Waals surface area contributed by atoms with Crippen molar-refractivity contribution in [3.63, 3.8) is 0 Å². The van der Waals surface area contributed by atoms with Crippen LogP contribution in [0.3, 0.4) is 0 Å². The molecule has 1 saturated heterocycles. The Morgan fingerprint density at radius 2 is 1.89 bits per heavy atom. The minimum absolute atomic E-state index is 0.0579. The SMILES string of the molecule is CCn1cc(/C(=N/Nc2nc(-c3ccc(OC)cc3)c(C#N)s2)C(F)(F)F)c2cc(-c3nc(CN4CCC(O)CC4)cs3)ccc21. The molecule has 46 heavy (non-hydrogen) atoms. The van der Waals surface area contributed by atoms with Crippen molar-refractivity contribution < 1.29 is 23.0 Å². The number of hydrogen-bond donors (Lipinski definition) is 2. The highest BCUT2D eigenvalue weighted by Gasteiger charge is 2.39. The van der Waals surface area contributed by atoms with Gasteiger partial charge in [-0.2, -0.15) is 23.5 Å². The largest absolute Gasteiger partial charge is 0.497 e. The van der Waals surface area contributed by atoms with Gasteiger partial charge in [-0.25, -0.2) is 9.97 Å². The van der Waals surface area contributed by atoms with Crippen molar-refractivity contribution in [2.75, 3.05) is 25.6 Å². The number of likely N-dealkylation sites (tertiary alicyclic amines) is 1. The van der Waals surface area contributed by atoms with Gasteiger partial charge >= 0.3 is 6.18 Å². The fourth-order valence-corrected chi connectivity index (χ4v) is 7.00. The van der Waals surface area contributed by atoms with Crippen molar-refractivity contribution in [1.29, 1.82) is 5.26 Å². The average molecular weight is 666 g/mol. The molecule has 0 spiro atoms. The van der Waals surface area contributed by atoms with E-state index < -0.39 is 11.9 Å². The molecule has 0 aliphatic carbocycles. The molecule has 2 aromatic carbocycles. The zero-order valence-electron chi connectivity index (χ0n) is 25.0. The van der Waals surface area contributed by atoms with E-state index >= 15 is 0 Å². The number of methoxy groups -OCH3 is 1. The molecule has 2 N–H and O–H groups in total. The van der Waals surface area contributed by atoms with Crippen LogP contribution in [0.2, 0.25) is 0 Å². The van der Waals surface area contributed by atoms with Crippen molar-refractivity contribution in [2.24, 2.45) is 5.10 Å². The number of hydrogen-bond acceptors (Lipinski definition) is 10. The van der Waals surface area contributed by atoms with Gasteiger partial charge in [0.05, 0.1) is 18.9 Å². The number of fused-ring (bicyclic) bond motifs is 1. The van der Waals surface area contributed by atoms with E-state index in [1.54, 1.807) is 34.9 Å². The number of thiazole rings is 2.